The van der Waals surface area contributed by atoms with E-state index in [1.54, 1.807) is 18.2 Å². The van der Waals surface area contributed by atoms with Crippen molar-refractivity contribution in [2.75, 3.05) is 20.3 Å². The van der Waals surface area contributed by atoms with E-state index in [4.69, 9.17) is 18.9 Å². The smallest absolute Gasteiger partial charge is 0.311 e. The number of hydrogen-bond donors (Lipinski definition) is 1. The van der Waals surface area contributed by atoms with E-state index in [1.165, 1.54) is 13.2 Å². The van der Waals surface area contributed by atoms with Crippen molar-refractivity contribution >= 4 is 18.0 Å². The topological polar surface area (TPSA) is 107 Å². The lowest BCUT2D eigenvalue weighted by molar-refractivity contribution is -0.134. The number of nitrogens with one attached hydrogen (secondary N) is 1. The zero-order valence-corrected chi connectivity index (χ0v) is 22.3. The average Bonchev–Trinajstić information content (AvgIpc) is 2.87. The highest BCUT2D eigenvalue weighted by Gasteiger charge is 2.14. The minimum atomic E-state index is -0.458. The van der Waals surface area contributed by atoms with Crippen LogP contribution < -0.4 is 24.3 Å². The van der Waals surface area contributed by atoms with Gasteiger partial charge in [-0.3, -0.25) is 9.59 Å². The Hall–Kier alpha value is -3.99. The number of rotatable bonds is 14. The molecule has 0 saturated carbocycles. The second-order valence-corrected chi connectivity index (χ2v) is 8.60. The summed E-state index contributed by atoms with van der Waals surface area (Å²) in [4.78, 5) is 24.7. The molecule has 0 aliphatic carbocycles. The number of nitrogens with zero attached hydrogens (tertiary/aromatic N) is 1. The summed E-state index contributed by atoms with van der Waals surface area (Å²) in [6.45, 7) is 8.79. The van der Waals surface area contributed by atoms with Crippen molar-refractivity contribution in [3.63, 3.8) is 0 Å². The van der Waals surface area contributed by atoms with Gasteiger partial charge in [-0.2, -0.15) is 5.26 Å². The van der Waals surface area contributed by atoms with Gasteiger partial charge in [0.2, 0.25) is 0 Å². The molecule has 2 aromatic rings. The van der Waals surface area contributed by atoms with Crippen molar-refractivity contribution < 1.29 is 28.5 Å². The third-order valence-corrected chi connectivity index (χ3v) is 5.19. The molecule has 0 unspecified atom stereocenters. The quantitative estimate of drug-likeness (QED) is 0.122. The first kappa shape index (κ1) is 29.2. The molecule has 0 aliphatic heterocycles. The van der Waals surface area contributed by atoms with Gasteiger partial charge in [-0.25, -0.2) is 0 Å². The minimum Gasteiger partial charge on any atom is -0.493 e. The number of hydrogen-bond acceptors (Lipinski definition) is 7. The molecule has 8 heteroatoms. The Labute approximate surface area is 219 Å². The van der Waals surface area contributed by atoms with Gasteiger partial charge in [-0.1, -0.05) is 25.5 Å². The molecule has 1 N–H and O–H groups in total. The molecule has 0 saturated heterocycles. The van der Waals surface area contributed by atoms with Crippen LogP contribution >= 0.6 is 0 Å². The summed E-state index contributed by atoms with van der Waals surface area (Å²) in [6, 6.07) is 12.3. The molecule has 0 radical (unpaired) electrons. The second kappa shape index (κ2) is 15.2. The monoisotopic (exact) mass is 508 g/mol. The van der Waals surface area contributed by atoms with Crippen molar-refractivity contribution in [3.8, 4) is 29.1 Å². The maximum absolute atomic E-state index is 12.6. The molecule has 0 aromatic heterocycles. The molecule has 2 aromatic carbocycles. The van der Waals surface area contributed by atoms with Crippen molar-refractivity contribution in [1.82, 2.24) is 5.32 Å². The van der Waals surface area contributed by atoms with E-state index in [0.717, 1.165) is 18.4 Å². The zero-order valence-electron chi connectivity index (χ0n) is 22.3. The Morgan fingerprint density at radius 2 is 1.78 bits per heavy atom. The lowest BCUT2D eigenvalue weighted by Gasteiger charge is -2.13. The number of esters is 1. The molecule has 1 amide bonds. The molecule has 0 heterocycles. The fraction of sp³-hybridized carbons (Fsp3) is 0.414. The number of carbonyl (C=O) groups is 2. The number of carbonyl (C=O) groups excluding carboxylic acids is 2. The maximum Gasteiger partial charge on any atom is 0.311 e. The summed E-state index contributed by atoms with van der Waals surface area (Å²) in [5.41, 5.74) is 1.46. The fourth-order valence-corrected chi connectivity index (χ4v) is 3.36. The number of unbranched alkanes of at least 4 members (excludes halogenated alkanes) is 1. The molecule has 0 aliphatic rings. The number of aryl methyl sites for hydroxylation is 1. The van der Waals surface area contributed by atoms with Gasteiger partial charge >= 0.3 is 5.97 Å². The molecular weight excluding hydrogens is 472 g/mol. The van der Waals surface area contributed by atoms with E-state index in [0.29, 0.717) is 42.4 Å². The van der Waals surface area contributed by atoms with Gasteiger partial charge < -0.3 is 24.3 Å². The van der Waals surface area contributed by atoms with Crippen LogP contribution in [0.2, 0.25) is 0 Å². The van der Waals surface area contributed by atoms with Crippen LogP contribution in [0.5, 0.6) is 23.0 Å². The summed E-state index contributed by atoms with van der Waals surface area (Å²) in [6.07, 6.45) is 4.09. The van der Waals surface area contributed by atoms with Gasteiger partial charge in [0.15, 0.2) is 23.0 Å². The number of amides is 1. The van der Waals surface area contributed by atoms with E-state index in [2.05, 4.69) is 12.2 Å². The maximum atomic E-state index is 12.6. The highest BCUT2D eigenvalue weighted by molar-refractivity contribution is 6.01. The van der Waals surface area contributed by atoms with Crippen LogP contribution in [-0.2, 0) is 16.0 Å². The Kier molecular flexibility index (Phi) is 12.0. The van der Waals surface area contributed by atoms with Crippen molar-refractivity contribution in [3.05, 3.63) is 53.1 Å². The second-order valence-electron chi connectivity index (χ2n) is 8.60. The van der Waals surface area contributed by atoms with Crippen LogP contribution in [0.3, 0.4) is 0 Å². The minimum absolute atomic E-state index is 0.0336. The predicted octanol–water partition coefficient (Wildman–Crippen LogP) is 5.24. The number of nitriles is 1. The summed E-state index contributed by atoms with van der Waals surface area (Å²) in [7, 11) is 1.45. The van der Waals surface area contributed by atoms with Gasteiger partial charge in [0.1, 0.15) is 11.6 Å². The van der Waals surface area contributed by atoms with Crippen LogP contribution in [0.15, 0.2) is 42.0 Å². The average molecular weight is 509 g/mol. The van der Waals surface area contributed by atoms with Crippen LogP contribution in [0, 0.1) is 11.3 Å². The molecule has 0 bridgehead atoms. The Morgan fingerprint density at radius 1 is 1.03 bits per heavy atom. The van der Waals surface area contributed by atoms with Crippen LogP contribution in [0.1, 0.15) is 58.1 Å². The van der Waals surface area contributed by atoms with Crippen molar-refractivity contribution in [2.24, 2.45) is 0 Å². The van der Waals surface area contributed by atoms with E-state index in [-0.39, 0.29) is 23.8 Å². The lowest BCUT2D eigenvalue weighted by Crippen LogP contribution is -2.30. The summed E-state index contributed by atoms with van der Waals surface area (Å²) in [5.74, 6) is 1.05. The van der Waals surface area contributed by atoms with Crippen LogP contribution in [0.4, 0.5) is 0 Å². The Bertz CT molecular complexity index is 1130. The van der Waals surface area contributed by atoms with Gasteiger partial charge in [-0.15, -0.1) is 0 Å². The van der Waals surface area contributed by atoms with E-state index < -0.39 is 11.9 Å². The highest BCUT2D eigenvalue weighted by Crippen LogP contribution is 2.31. The molecule has 0 atom stereocenters. The fourth-order valence-electron chi connectivity index (χ4n) is 3.36. The number of benzene rings is 2. The summed E-state index contributed by atoms with van der Waals surface area (Å²) in [5, 5.41) is 12.0. The lowest BCUT2D eigenvalue weighted by atomic mass is 10.1. The molecule has 0 fully saturated rings. The van der Waals surface area contributed by atoms with Gasteiger partial charge in [0, 0.05) is 12.5 Å². The van der Waals surface area contributed by atoms with Crippen LogP contribution in [-0.4, -0.2) is 38.2 Å². The van der Waals surface area contributed by atoms with E-state index >= 15 is 0 Å². The van der Waals surface area contributed by atoms with E-state index in [1.807, 2.05) is 45.0 Å². The SMILES string of the molecule is CCCCOc1ccc(CCC(=O)Oc2ccc(/C=C(\C#N)C(=O)NC(C)C)cc2OC)cc1OCC. The van der Waals surface area contributed by atoms with Gasteiger partial charge in [0.25, 0.3) is 5.91 Å². The Balaban J connectivity index is 2.06. The van der Waals surface area contributed by atoms with Crippen molar-refractivity contribution in [2.45, 2.75) is 59.4 Å². The first-order valence-corrected chi connectivity index (χ1v) is 12.5. The van der Waals surface area contributed by atoms with Crippen molar-refractivity contribution in [1.29, 1.82) is 5.26 Å². The first-order chi connectivity index (χ1) is 17.8. The molecule has 198 valence electrons. The third kappa shape index (κ3) is 9.53. The third-order valence-electron chi connectivity index (χ3n) is 5.19. The normalized spacial score (nSPS) is 11.0. The predicted molar refractivity (Wildman–Crippen MR) is 142 cm³/mol. The zero-order chi connectivity index (χ0) is 27.2. The summed E-state index contributed by atoms with van der Waals surface area (Å²) >= 11 is 0. The van der Waals surface area contributed by atoms with E-state index in [9.17, 15) is 14.9 Å². The summed E-state index contributed by atoms with van der Waals surface area (Å²) < 4.78 is 22.4. The van der Waals surface area contributed by atoms with Gasteiger partial charge in [0.05, 0.1) is 20.3 Å². The number of ether oxygens (including phenoxy) is 4. The molecule has 2 rings (SSSR count). The highest BCUT2D eigenvalue weighted by atomic mass is 16.6. The standard InChI is InChI=1S/C29H36N2O6/c1-6-8-15-36-24-12-9-21(17-27(24)35-7-2)11-14-28(32)37-25-13-10-22(18-26(25)34-5)16-23(19-30)29(33)31-20(3)4/h9-10,12-13,16-18,20H,6-8,11,14-15H2,1-5H3,(H,31,33)/b23-16+. The molecule has 0 spiro atoms. The first-order valence-electron chi connectivity index (χ1n) is 12.5. The molecule has 8 nitrogen and oxygen atoms in total. The molecular formula is C29H36N2O6. The Morgan fingerprint density at radius 3 is 2.43 bits per heavy atom. The molecule has 37 heavy (non-hydrogen) atoms. The number of methoxy groups -OCH3 is 1. The largest absolute Gasteiger partial charge is 0.493 e. The van der Waals surface area contributed by atoms with Gasteiger partial charge in [-0.05, 0) is 75.1 Å². The van der Waals surface area contributed by atoms with Crippen LogP contribution in [0.25, 0.3) is 6.08 Å².